The minimum Gasteiger partial charge on any atom is -0.445 e. The molecule has 0 aliphatic carbocycles. The minimum atomic E-state index is -0.575. The lowest BCUT2D eigenvalue weighted by Gasteiger charge is -2.32. The van der Waals surface area contributed by atoms with Crippen molar-refractivity contribution in [3.05, 3.63) is 81.3 Å². The highest BCUT2D eigenvalue weighted by molar-refractivity contribution is 7.12. The van der Waals surface area contributed by atoms with E-state index in [0.717, 1.165) is 35.7 Å². The molecule has 1 aliphatic rings. The molecule has 1 aliphatic heterocycles. The Morgan fingerprint density at radius 1 is 0.316 bits per heavy atom. The zero-order valence-electron chi connectivity index (χ0n) is 34.1. The third-order valence-electron chi connectivity index (χ3n) is 11.3. The van der Waals surface area contributed by atoms with E-state index >= 15 is 0 Å². The van der Waals surface area contributed by atoms with E-state index in [0.29, 0.717) is 0 Å². The molecule has 6 aromatic heterocycles. The maximum atomic E-state index is 7.03. The molecular formula is C45H57B3O3S6. The zero-order valence-corrected chi connectivity index (χ0v) is 39.0. The predicted molar refractivity (Wildman–Crippen MR) is 260 cm³/mol. The predicted octanol–water partition coefficient (Wildman–Crippen LogP) is 14.1. The van der Waals surface area contributed by atoms with Crippen LogP contribution in [0.2, 0.25) is 0 Å². The zero-order chi connectivity index (χ0) is 39.2. The van der Waals surface area contributed by atoms with E-state index in [9.17, 15) is 0 Å². The Bertz CT molecular complexity index is 1820. The highest BCUT2D eigenvalue weighted by Crippen LogP contribution is 2.35. The summed E-state index contributed by atoms with van der Waals surface area (Å²) >= 11 is 10.7. The second kappa shape index (κ2) is 22.8. The third kappa shape index (κ3) is 11.2. The highest BCUT2D eigenvalue weighted by Gasteiger charge is 2.46. The Morgan fingerprint density at radius 2 is 0.579 bits per heavy atom. The van der Waals surface area contributed by atoms with Gasteiger partial charge in [0.15, 0.2) is 0 Å². The second-order valence-corrected chi connectivity index (χ2v) is 20.0. The smallest absolute Gasteiger partial charge is 0.445 e. The first-order chi connectivity index (χ1) is 28.2. The van der Waals surface area contributed by atoms with E-state index in [4.69, 9.17) is 13.7 Å². The van der Waals surface area contributed by atoms with E-state index in [-0.39, 0.29) is 0 Å². The van der Waals surface area contributed by atoms with Gasteiger partial charge in [-0.25, -0.2) is 0 Å². The van der Waals surface area contributed by atoms with Crippen LogP contribution >= 0.6 is 68.0 Å². The summed E-state index contributed by atoms with van der Waals surface area (Å²) in [6.45, 7) is 6.86. The maximum absolute atomic E-state index is 7.03. The van der Waals surface area contributed by atoms with E-state index in [2.05, 4.69) is 85.3 Å². The van der Waals surface area contributed by atoms with Crippen LogP contribution in [-0.4, -0.2) is 21.4 Å². The molecule has 6 aromatic rings. The van der Waals surface area contributed by atoms with Crippen molar-refractivity contribution in [1.82, 2.24) is 0 Å². The molecule has 0 atom stereocenters. The molecule has 12 heteroatoms. The van der Waals surface area contributed by atoms with Crippen LogP contribution in [-0.2, 0) is 33.0 Å². The van der Waals surface area contributed by atoms with Crippen molar-refractivity contribution in [2.45, 2.75) is 136 Å². The van der Waals surface area contributed by atoms with E-state index in [1.54, 1.807) is 34.0 Å². The van der Waals surface area contributed by atoms with Gasteiger partial charge < -0.3 is 13.7 Å². The molecule has 0 spiro atoms. The number of hydrogen-bond acceptors (Lipinski definition) is 9. The fourth-order valence-corrected chi connectivity index (χ4v) is 13.2. The molecule has 3 nitrogen and oxygen atoms in total. The fraction of sp³-hybridized carbons (Fsp3) is 0.467. The van der Waals surface area contributed by atoms with Gasteiger partial charge in [-0.2, -0.15) is 68.0 Å². The standard InChI is InChI=1S/C45H57B3O3S6/c1-4-7-10-13-16-19-34-22-52-25-37(34)40-28-55-31-43(40)46-49-47(44-32-56-29-41(44)38-26-53-23-35(38)20-17-14-11-8-5-2)51-48(50-46)45-33-57-30-42(45)39-27-54-24-36(39)21-18-15-12-9-6-3/h22-33H,4-21H2,1-3H3. The van der Waals surface area contributed by atoms with Gasteiger partial charge in [-0.15, -0.1) is 0 Å². The van der Waals surface area contributed by atoms with Crippen molar-refractivity contribution in [3.63, 3.8) is 0 Å². The minimum absolute atomic E-state index is 0.575. The quantitative estimate of drug-likeness (QED) is 0.0448. The number of aryl methyl sites for hydroxylation is 3. The maximum Gasteiger partial charge on any atom is 0.468 e. The molecule has 0 saturated carbocycles. The molecule has 0 unspecified atom stereocenters. The lowest BCUT2D eigenvalue weighted by molar-refractivity contribution is 0.309. The molecule has 0 bridgehead atoms. The van der Waals surface area contributed by atoms with Crippen LogP contribution in [0.5, 0.6) is 0 Å². The van der Waals surface area contributed by atoms with Crippen LogP contribution in [0, 0.1) is 0 Å². The summed E-state index contributed by atoms with van der Waals surface area (Å²) in [4.78, 5) is 0. The van der Waals surface area contributed by atoms with Gasteiger partial charge in [-0.3, -0.25) is 0 Å². The molecule has 1 fully saturated rings. The van der Waals surface area contributed by atoms with Crippen molar-refractivity contribution in [1.29, 1.82) is 0 Å². The molecular weight excluding hydrogens is 813 g/mol. The van der Waals surface area contributed by atoms with Crippen LogP contribution in [0.3, 0.4) is 0 Å². The van der Waals surface area contributed by atoms with Crippen LogP contribution in [0.15, 0.2) is 64.6 Å². The Kier molecular flexibility index (Phi) is 17.3. The summed E-state index contributed by atoms with van der Waals surface area (Å²) in [5.74, 6) is 0. The van der Waals surface area contributed by atoms with Gasteiger partial charge in [0.1, 0.15) is 0 Å². The first-order valence-corrected chi connectivity index (χ1v) is 27.2. The normalized spacial score (nSPS) is 13.4. The van der Waals surface area contributed by atoms with Crippen molar-refractivity contribution < 1.29 is 13.7 Å². The van der Waals surface area contributed by atoms with Crippen LogP contribution in [0.1, 0.15) is 134 Å². The van der Waals surface area contributed by atoms with Gasteiger partial charge in [-0.1, -0.05) is 97.8 Å². The molecule has 7 heterocycles. The Balaban J connectivity index is 1.19. The highest BCUT2D eigenvalue weighted by atomic mass is 32.1. The molecule has 0 radical (unpaired) electrons. The molecule has 7 rings (SSSR count). The number of thiophene rings is 6. The van der Waals surface area contributed by atoms with E-state index in [1.165, 1.54) is 146 Å². The Hall–Kier alpha value is -1.73. The van der Waals surface area contributed by atoms with Gasteiger partial charge in [0.2, 0.25) is 0 Å². The van der Waals surface area contributed by atoms with Crippen LogP contribution in [0.4, 0.5) is 0 Å². The van der Waals surface area contributed by atoms with Crippen molar-refractivity contribution in [3.8, 4) is 33.4 Å². The monoisotopic (exact) mass is 870 g/mol. The largest absolute Gasteiger partial charge is 0.468 e. The number of unbranched alkanes of at least 4 members (excludes halogenated alkanes) is 12. The Morgan fingerprint density at radius 3 is 0.877 bits per heavy atom. The van der Waals surface area contributed by atoms with Crippen molar-refractivity contribution in [2.75, 3.05) is 0 Å². The molecule has 300 valence electrons. The Labute approximate surface area is 367 Å². The number of hydrogen-bond donors (Lipinski definition) is 0. The van der Waals surface area contributed by atoms with E-state index in [1.807, 2.05) is 34.0 Å². The average Bonchev–Trinajstić information content (AvgIpc) is 4.09. The third-order valence-corrected chi connectivity index (χ3v) is 16.0. The summed E-state index contributed by atoms with van der Waals surface area (Å²) in [6, 6.07) is 0. The topological polar surface area (TPSA) is 27.7 Å². The first kappa shape index (κ1) is 43.4. The summed E-state index contributed by atoms with van der Waals surface area (Å²) in [6.07, 6.45) is 22.6. The molecule has 57 heavy (non-hydrogen) atoms. The SMILES string of the molecule is CCCCCCCc1cscc1-c1cscc1B1OB(c2cscc2-c2cscc2CCCCCCC)OB(c2cscc2-c2cscc2CCCCCCC)O1. The summed E-state index contributed by atoms with van der Waals surface area (Å²) in [5.41, 5.74) is 15.3. The van der Waals surface area contributed by atoms with Crippen LogP contribution < -0.4 is 16.4 Å². The summed E-state index contributed by atoms with van der Waals surface area (Å²) in [5, 5.41) is 27.7. The van der Waals surface area contributed by atoms with Gasteiger partial charge in [0.05, 0.1) is 0 Å². The van der Waals surface area contributed by atoms with Crippen LogP contribution in [0.25, 0.3) is 33.4 Å². The fourth-order valence-electron chi connectivity index (χ4n) is 8.02. The van der Waals surface area contributed by atoms with Gasteiger partial charge >= 0.3 is 21.4 Å². The summed E-state index contributed by atoms with van der Waals surface area (Å²) < 4.78 is 21.1. The molecule has 0 aromatic carbocycles. The average molecular weight is 871 g/mol. The van der Waals surface area contributed by atoms with Crippen molar-refractivity contribution in [2.24, 2.45) is 0 Å². The lowest BCUT2D eigenvalue weighted by atomic mass is 9.60. The van der Waals surface area contributed by atoms with E-state index < -0.39 is 21.4 Å². The van der Waals surface area contributed by atoms with Gasteiger partial charge in [-0.05, 0) is 170 Å². The second-order valence-electron chi connectivity index (χ2n) is 15.6. The lowest BCUT2D eigenvalue weighted by Crippen LogP contribution is -2.61. The number of rotatable bonds is 24. The van der Waals surface area contributed by atoms with Gasteiger partial charge in [0, 0.05) is 0 Å². The molecule has 0 N–H and O–H groups in total. The molecule has 1 saturated heterocycles. The van der Waals surface area contributed by atoms with Crippen molar-refractivity contribution >= 4 is 106 Å². The van der Waals surface area contributed by atoms with Gasteiger partial charge in [0.25, 0.3) is 0 Å². The summed E-state index contributed by atoms with van der Waals surface area (Å²) in [7, 11) is -1.73. The molecule has 0 amide bonds. The first-order valence-electron chi connectivity index (χ1n) is 21.5.